The summed E-state index contributed by atoms with van der Waals surface area (Å²) in [6.07, 6.45) is -1.96. The molecule has 0 fully saturated rings. The lowest BCUT2D eigenvalue weighted by atomic mass is 10.2. The number of ether oxygens (including phenoxy) is 2. The minimum atomic E-state index is -1.36. The number of carboxylic acids is 1. The van der Waals surface area contributed by atoms with Crippen LogP contribution in [0.15, 0.2) is 0 Å². The molecule has 1 unspecified atom stereocenters. The van der Waals surface area contributed by atoms with Gasteiger partial charge in [0.1, 0.15) is 0 Å². The van der Waals surface area contributed by atoms with Gasteiger partial charge in [0.25, 0.3) is 0 Å². The molecule has 0 aliphatic heterocycles. The fourth-order valence-electron chi connectivity index (χ4n) is 0.803. The Morgan fingerprint density at radius 1 is 1.38 bits per heavy atom. The molecule has 0 radical (unpaired) electrons. The standard InChI is InChI=1S/C8H10O7.ClH/c1-5(10)15-6(2-3-7(11)12)8(13)14-4-9;/h4,6H,2-3H2,1H3,(H,11,12);1H. The van der Waals surface area contributed by atoms with E-state index in [1.165, 1.54) is 0 Å². The lowest BCUT2D eigenvalue weighted by molar-refractivity contribution is -0.169. The number of hydrogen-bond acceptors (Lipinski definition) is 6. The SMILES string of the molecule is CC(=O)OC(CCC(=O)O)C(=O)OC=O.Cl. The summed E-state index contributed by atoms with van der Waals surface area (Å²) in [4.78, 5) is 41.6. The fourth-order valence-corrected chi connectivity index (χ4v) is 0.803. The first-order valence-electron chi connectivity index (χ1n) is 4.00. The first-order valence-corrected chi connectivity index (χ1v) is 4.00. The van der Waals surface area contributed by atoms with E-state index in [0.717, 1.165) is 6.92 Å². The molecule has 0 saturated carbocycles. The summed E-state index contributed by atoms with van der Waals surface area (Å²) in [6.45, 7) is 0.946. The van der Waals surface area contributed by atoms with Gasteiger partial charge in [-0.15, -0.1) is 12.4 Å². The molecule has 0 saturated heterocycles. The topological polar surface area (TPSA) is 107 Å². The van der Waals surface area contributed by atoms with Crippen LogP contribution >= 0.6 is 12.4 Å². The number of carboxylic acid groups (broad SMARTS) is 1. The molecule has 0 heterocycles. The van der Waals surface area contributed by atoms with Crippen LogP contribution in [0, 0.1) is 0 Å². The Morgan fingerprint density at radius 3 is 2.31 bits per heavy atom. The van der Waals surface area contributed by atoms with E-state index in [4.69, 9.17) is 5.11 Å². The van der Waals surface area contributed by atoms with E-state index in [9.17, 15) is 19.2 Å². The van der Waals surface area contributed by atoms with Crippen LogP contribution in [0.2, 0.25) is 0 Å². The summed E-state index contributed by atoms with van der Waals surface area (Å²) in [5.74, 6) is -2.99. The number of hydrogen-bond donors (Lipinski definition) is 1. The molecule has 0 amide bonds. The number of rotatable bonds is 6. The van der Waals surface area contributed by atoms with Crippen LogP contribution in [0.3, 0.4) is 0 Å². The lowest BCUT2D eigenvalue weighted by Crippen LogP contribution is -2.28. The van der Waals surface area contributed by atoms with E-state index in [1.807, 2.05) is 0 Å². The van der Waals surface area contributed by atoms with Crippen molar-refractivity contribution in [2.45, 2.75) is 25.9 Å². The molecule has 7 nitrogen and oxygen atoms in total. The Bertz CT molecular complexity index is 276. The highest BCUT2D eigenvalue weighted by molar-refractivity contribution is 5.85. The summed E-state index contributed by atoms with van der Waals surface area (Å²) in [7, 11) is 0. The van der Waals surface area contributed by atoms with Crippen molar-refractivity contribution in [3.63, 3.8) is 0 Å². The van der Waals surface area contributed by atoms with Crippen LogP contribution in [0.25, 0.3) is 0 Å². The number of carbonyl (C=O) groups is 4. The van der Waals surface area contributed by atoms with Crippen LogP contribution in [-0.2, 0) is 28.7 Å². The smallest absolute Gasteiger partial charge is 0.354 e. The Balaban J connectivity index is 0. The second kappa shape index (κ2) is 8.66. The zero-order chi connectivity index (χ0) is 11.8. The van der Waals surface area contributed by atoms with E-state index in [-0.39, 0.29) is 31.7 Å². The molecule has 0 aliphatic rings. The third-order valence-electron chi connectivity index (χ3n) is 1.36. The van der Waals surface area contributed by atoms with Gasteiger partial charge in [0.2, 0.25) is 0 Å². The van der Waals surface area contributed by atoms with Gasteiger partial charge in [0.15, 0.2) is 6.10 Å². The van der Waals surface area contributed by atoms with Gasteiger partial charge in [-0.3, -0.25) is 14.4 Å². The molecule has 0 rings (SSSR count). The van der Waals surface area contributed by atoms with Gasteiger partial charge in [-0.2, -0.15) is 0 Å². The van der Waals surface area contributed by atoms with E-state index in [0.29, 0.717) is 0 Å². The first-order chi connectivity index (χ1) is 6.97. The van der Waals surface area contributed by atoms with Crippen LogP contribution in [-0.4, -0.2) is 35.6 Å². The van der Waals surface area contributed by atoms with Crippen LogP contribution in [0.1, 0.15) is 19.8 Å². The van der Waals surface area contributed by atoms with Crippen molar-refractivity contribution < 1.29 is 33.8 Å². The molecule has 0 aliphatic carbocycles. The maximum Gasteiger partial charge on any atom is 0.354 e. The molecule has 0 aromatic rings. The highest BCUT2D eigenvalue weighted by atomic mass is 35.5. The third kappa shape index (κ3) is 7.74. The van der Waals surface area contributed by atoms with Gasteiger partial charge < -0.3 is 14.6 Å². The van der Waals surface area contributed by atoms with Gasteiger partial charge in [-0.25, -0.2) is 4.79 Å². The highest BCUT2D eigenvalue weighted by Gasteiger charge is 2.24. The van der Waals surface area contributed by atoms with Crippen LogP contribution in [0.5, 0.6) is 0 Å². The molecule has 0 aromatic carbocycles. The summed E-state index contributed by atoms with van der Waals surface area (Å²) < 4.78 is 8.43. The average Bonchev–Trinajstić information content (AvgIpc) is 2.11. The number of aliphatic carboxylic acids is 1. The average molecular weight is 255 g/mol. The van der Waals surface area contributed by atoms with E-state index in [2.05, 4.69) is 9.47 Å². The summed E-state index contributed by atoms with van der Waals surface area (Å²) in [5.41, 5.74) is 0. The van der Waals surface area contributed by atoms with Crippen molar-refractivity contribution >= 4 is 36.8 Å². The molecule has 1 N–H and O–H groups in total. The number of halogens is 1. The van der Waals surface area contributed by atoms with Gasteiger partial charge in [-0.1, -0.05) is 0 Å². The van der Waals surface area contributed by atoms with E-state index in [1.54, 1.807) is 0 Å². The predicted molar refractivity (Wildman–Crippen MR) is 51.8 cm³/mol. The van der Waals surface area contributed by atoms with Crippen LogP contribution in [0.4, 0.5) is 0 Å². The Kier molecular flexibility index (Phi) is 9.09. The van der Waals surface area contributed by atoms with Crippen molar-refractivity contribution in [2.75, 3.05) is 0 Å². The molecular weight excluding hydrogens is 244 g/mol. The number of carbonyl (C=O) groups excluding carboxylic acids is 3. The predicted octanol–water partition coefficient (Wildman–Crippen LogP) is -0.0957. The van der Waals surface area contributed by atoms with Crippen LogP contribution < -0.4 is 0 Å². The van der Waals surface area contributed by atoms with Gasteiger partial charge in [0.05, 0.1) is 0 Å². The van der Waals surface area contributed by atoms with Crippen molar-refractivity contribution in [3.05, 3.63) is 0 Å². The minimum absolute atomic E-state index is 0. The summed E-state index contributed by atoms with van der Waals surface area (Å²) in [5, 5.41) is 8.35. The fraction of sp³-hybridized carbons (Fsp3) is 0.500. The molecule has 0 spiro atoms. The molecular formula is C8H11ClO7. The van der Waals surface area contributed by atoms with Crippen molar-refractivity contribution in [2.24, 2.45) is 0 Å². The van der Waals surface area contributed by atoms with Crippen molar-refractivity contribution in [1.29, 1.82) is 0 Å². The summed E-state index contributed by atoms with van der Waals surface area (Å²) in [6, 6.07) is 0. The zero-order valence-electron chi connectivity index (χ0n) is 8.37. The van der Waals surface area contributed by atoms with E-state index >= 15 is 0 Å². The molecule has 0 aromatic heterocycles. The Hall–Kier alpha value is -1.63. The monoisotopic (exact) mass is 254 g/mol. The Labute approximate surface area is 97.1 Å². The zero-order valence-corrected chi connectivity index (χ0v) is 9.19. The number of esters is 2. The molecule has 8 heteroatoms. The molecule has 92 valence electrons. The molecule has 0 bridgehead atoms. The lowest BCUT2D eigenvalue weighted by Gasteiger charge is -2.12. The third-order valence-corrected chi connectivity index (χ3v) is 1.36. The minimum Gasteiger partial charge on any atom is -0.481 e. The van der Waals surface area contributed by atoms with Gasteiger partial charge in [0, 0.05) is 19.8 Å². The molecule has 16 heavy (non-hydrogen) atoms. The first kappa shape index (κ1) is 16.8. The second-order valence-corrected chi connectivity index (χ2v) is 2.56. The second-order valence-electron chi connectivity index (χ2n) is 2.56. The van der Waals surface area contributed by atoms with Crippen molar-refractivity contribution in [3.8, 4) is 0 Å². The molecule has 1 atom stereocenters. The van der Waals surface area contributed by atoms with Gasteiger partial charge >= 0.3 is 24.4 Å². The maximum atomic E-state index is 11.0. The maximum absolute atomic E-state index is 11.0. The van der Waals surface area contributed by atoms with Crippen molar-refractivity contribution in [1.82, 2.24) is 0 Å². The quantitative estimate of drug-likeness (QED) is 0.401. The van der Waals surface area contributed by atoms with E-state index < -0.39 is 24.0 Å². The Morgan fingerprint density at radius 2 is 1.94 bits per heavy atom. The largest absolute Gasteiger partial charge is 0.481 e. The summed E-state index contributed by atoms with van der Waals surface area (Å²) >= 11 is 0. The van der Waals surface area contributed by atoms with Gasteiger partial charge in [-0.05, 0) is 0 Å². The highest BCUT2D eigenvalue weighted by Crippen LogP contribution is 2.05. The normalized spacial score (nSPS) is 10.6.